The van der Waals surface area contributed by atoms with Crippen molar-refractivity contribution in [3.8, 4) is 5.75 Å². The number of aryl methyl sites for hydroxylation is 2. The molecule has 1 aromatic heterocycles. The summed E-state index contributed by atoms with van der Waals surface area (Å²) in [5.74, 6) is 1.19. The van der Waals surface area contributed by atoms with Crippen LogP contribution in [-0.4, -0.2) is 54.0 Å². The molecule has 2 fully saturated rings. The van der Waals surface area contributed by atoms with Crippen molar-refractivity contribution in [1.82, 2.24) is 20.5 Å². The number of likely N-dealkylation sites (tertiary alicyclic amines) is 1. The normalized spacial score (nSPS) is 17.3. The molecular weight excluding hydrogens is 476 g/mol. The van der Waals surface area contributed by atoms with E-state index >= 15 is 0 Å². The Morgan fingerprint density at radius 3 is 2.55 bits per heavy atom. The van der Waals surface area contributed by atoms with E-state index in [0.29, 0.717) is 24.6 Å². The van der Waals surface area contributed by atoms with Gasteiger partial charge in [-0.3, -0.25) is 9.59 Å². The molecular formula is C31H40N4O3. The summed E-state index contributed by atoms with van der Waals surface area (Å²) in [6.07, 6.45) is 6.37. The molecule has 2 aliphatic rings. The number of fused-ring (bicyclic) bond motifs is 1. The molecule has 3 aromatic rings. The minimum Gasteiger partial charge on any atom is -0.490 e. The van der Waals surface area contributed by atoms with Gasteiger partial charge in [-0.25, -0.2) is 0 Å². The first kappa shape index (κ1) is 26.3. The van der Waals surface area contributed by atoms with Crippen LogP contribution in [-0.2, 0) is 11.3 Å². The Bertz CT molecular complexity index is 1290. The van der Waals surface area contributed by atoms with Crippen molar-refractivity contribution in [2.45, 2.75) is 71.1 Å². The van der Waals surface area contributed by atoms with E-state index in [1.165, 1.54) is 12.8 Å². The second-order valence-corrected chi connectivity index (χ2v) is 11.1. The number of piperidine rings is 1. The van der Waals surface area contributed by atoms with Crippen LogP contribution in [0, 0.1) is 19.8 Å². The summed E-state index contributed by atoms with van der Waals surface area (Å²) in [7, 11) is 2.15. The van der Waals surface area contributed by atoms with Crippen LogP contribution in [0.2, 0.25) is 0 Å². The van der Waals surface area contributed by atoms with Gasteiger partial charge in [0.15, 0.2) is 0 Å². The topological polar surface area (TPSA) is 86.5 Å². The number of benzene rings is 2. The van der Waals surface area contributed by atoms with Crippen LogP contribution < -0.4 is 15.4 Å². The number of aromatic nitrogens is 1. The lowest BCUT2D eigenvalue weighted by molar-refractivity contribution is -0.123. The molecule has 38 heavy (non-hydrogen) atoms. The summed E-state index contributed by atoms with van der Waals surface area (Å²) >= 11 is 0. The number of amides is 2. The smallest absolute Gasteiger partial charge is 0.268 e. The average molecular weight is 517 g/mol. The molecule has 2 aromatic carbocycles. The van der Waals surface area contributed by atoms with E-state index in [0.717, 1.165) is 65.7 Å². The number of aromatic amines is 1. The van der Waals surface area contributed by atoms with E-state index in [9.17, 15) is 9.59 Å². The summed E-state index contributed by atoms with van der Waals surface area (Å²) in [6, 6.07) is 13.4. The first-order valence-electron chi connectivity index (χ1n) is 14.0. The van der Waals surface area contributed by atoms with Gasteiger partial charge in [-0.15, -0.1) is 0 Å². The predicted octanol–water partition coefficient (Wildman–Crippen LogP) is 4.86. The van der Waals surface area contributed by atoms with Crippen LogP contribution in [0.1, 0.15) is 65.7 Å². The molecule has 0 spiro atoms. The maximum Gasteiger partial charge on any atom is 0.268 e. The average Bonchev–Trinajstić information content (AvgIpc) is 3.68. The van der Waals surface area contributed by atoms with Crippen LogP contribution >= 0.6 is 0 Å². The van der Waals surface area contributed by atoms with Gasteiger partial charge in [-0.2, -0.15) is 0 Å². The highest BCUT2D eigenvalue weighted by atomic mass is 16.5. The van der Waals surface area contributed by atoms with Crippen LogP contribution in [0.15, 0.2) is 42.5 Å². The Morgan fingerprint density at radius 1 is 1.08 bits per heavy atom. The second kappa shape index (κ2) is 11.6. The van der Waals surface area contributed by atoms with Gasteiger partial charge in [0.1, 0.15) is 23.6 Å². The molecule has 1 aliphatic carbocycles. The van der Waals surface area contributed by atoms with E-state index in [-0.39, 0.29) is 17.9 Å². The number of ether oxygens (including phenoxy) is 1. The minimum absolute atomic E-state index is 0.140. The number of carbonyl (C=O) groups excluding carboxylic acids is 2. The highest BCUT2D eigenvalue weighted by molar-refractivity contribution is 6.02. The van der Waals surface area contributed by atoms with Crippen molar-refractivity contribution in [3.05, 3.63) is 64.8 Å². The third-order valence-corrected chi connectivity index (χ3v) is 8.11. The lowest BCUT2D eigenvalue weighted by Gasteiger charge is -2.29. The lowest BCUT2D eigenvalue weighted by atomic mass is 10.1. The quantitative estimate of drug-likeness (QED) is 0.359. The molecule has 202 valence electrons. The number of hydrogen-bond donors (Lipinski definition) is 3. The highest BCUT2D eigenvalue weighted by Gasteiger charge is 2.28. The molecule has 1 saturated carbocycles. The van der Waals surface area contributed by atoms with Gasteiger partial charge in [0.25, 0.3) is 5.91 Å². The van der Waals surface area contributed by atoms with Crippen molar-refractivity contribution >= 4 is 22.7 Å². The molecule has 1 aliphatic heterocycles. The summed E-state index contributed by atoms with van der Waals surface area (Å²) < 4.78 is 6.22. The van der Waals surface area contributed by atoms with E-state index in [2.05, 4.69) is 33.6 Å². The molecule has 5 rings (SSSR count). The van der Waals surface area contributed by atoms with Crippen molar-refractivity contribution in [3.63, 3.8) is 0 Å². The van der Waals surface area contributed by atoms with E-state index < -0.39 is 6.04 Å². The highest BCUT2D eigenvalue weighted by Crippen LogP contribution is 2.34. The molecule has 1 saturated heterocycles. The van der Waals surface area contributed by atoms with E-state index in [4.69, 9.17) is 4.74 Å². The lowest BCUT2D eigenvalue weighted by Crippen LogP contribution is -2.46. The maximum absolute atomic E-state index is 13.3. The fourth-order valence-corrected chi connectivity index (χ4v) is 5.36. The zero-order valence-corrected chi connectivity index (χ0v) is 22.8. The first-order valence-corrected chi connectivity index (χ1v) is 14.0. The zero-order valence-electron chi connectivity index (χ0n) is 22.8. The number of carbonyl (C=O) groups is 2. The van der Waals surface area contributed by atoms with Crippen molar-refractivity contribution in [1.29, 1.82) is 0 Å². The third kappa shape index (κ3) is 6.38. The molecule has 7 heteroatoms. The number of nitrogens with one attached hydrogen (secondary N) is 3. The van der Waals surface area contributed by atoms with Gasteiger partial charge in [-0.1, -0.05) is 37.1 Å². The van der Waals surface area contributed by atoms with Crippen LogP contribution in [0.5, 0.6) is 5.75 Å². The summed E-state index contributed by atoms with van der Waals surface area (Å²) in [6.45, 7) is 6.53. The molecule has 1 atom stereocenters. The number of H-pyrrole nitrogens is 1. The Hall–Kier alpha value is -3.32. The number of hydrogen-bond acceptors (Lipinski definition) is 4. The van der Waals surface area contributed by atoms with Gasteiger partial charge in [0.05, 0.1) is 0 Å². The molecule has 2 heterocycles. The van der Waals surface area contributed by atoms with Crippen molar-refractivity contribution < 1.29 is 14.3 Å². The Morgan fingerprint density at radius 2 is 1.84 bits per heavy atom. The standard InChI is InChI=1S/C31H40N4O3/c1-20-18-25(38-24-14-16-35(3)17-15-24)12-11-23(20)19-32-30(36)28(13-10-22-8-9-22)34-31(37)29-21(2)26-6-4-5-7-27(26)33-29/h4-7,11-12,18,22,24,28,33H,8-10,13-17,19H2,1-3H3,(H,32,36)(H,34,37)/t28-/m0/s1. The molecule has 0 unspecified atom stereocenters. The fraction of sp³-hybridized carbons (Fsp3) is 0.484. The Kier molecular flexibility index (Phi) is 8.03. The van der Waals surface area contributed by atoms with Gasteiger partial charge >= 0.3 is 0 Å². The zero-order chi connectivity index (χ0) is 26.6. The maximum atomic E-state index is 13.3. The van der Waals surface area contributed by atoms with Crippen LogP contribution in [0.25, 0.3) is 10.9 Å². The first-order chi connectivity index (χ1) is 18.4. The monoisotopic (exact) mass is 516 g/mol. The van der Waals surface area contributed by atoms with Gasteiger partial charge in [0, 0.05) is 30.5 Å². The van der Waals surface area contributed by atoms with Gasteiger partial charge in [-0.05, 0) is 87.4 Å². The number of para-hydroxylation sites is 1. The Labute approximate surface area is 225 Å². The fourth-order valence-electron chi connectivity index (χ4n) is 5.36. The Balaban J connectivity index is 1.20. The number of nitrogens with zero attached hydrogens (tertiary/aromatic N) is 1. The molecule has 3 N–H and O–H groups in total. The second-order valence-electron chi connectivity index (χ2n) is 11.1. The van der Waals surface area contributed by atoms with Crippen molar-refractivity contribution in [2.24, 2.45) is 5.92 Å². The SMILES string of the molecule is Cc1cc(OC2CCN(C)CC2)ccc1CNC(=O)[C@H](CCC1CC1)NC(=O)c1[nH]c2ccccc2c1C. The van der Waals surface area contributed by atoms with Crippen LogP contribution in [0.4, 0.5) is 0 Å². The van der Waals surface area contributed by atoms with E-state index in [1.807, 2.05) is 50.2 Å². The number of rotatable bonds is 10. The summed E-state index contributed by atoms with van der Waals surface area (Å²) in [5, 5.41) is 7.12. The van der Waals surface area contributed by atoms with E-state index in [1.54, 1.807) is 0 Å². The van der Waals surface area contributed by atoms with Gasteiger partial charge < -0.3 is 25.3 Å². The van der Waals surface area contributed by atoms with Crippen molar-refractivity contribution in [2.75, 3.05) is 20.1 Å². The largest absolute Gasteiger partial charge is 0.490 e. The molecule has 7 nitrogen and oxygen atoms in total. The summed E-state index contributed by atoms with van der Waals surface area (Å²) in [4.78, 5) is 32.1. The molecule has 2 amide bonds. The predicted molar refractivity (Wildman–Crippen MR) is 150 cm³/mol. The van der Waals surface area contributed by atoms with Gasteiger partial charge in [0.2, 0.25) is 5.91 Å². The molecule has 0 radical (unpaired) electrons. The van der Waals surface area contributed by atoms with Crippen LogP contribution in [0.3, 0.4) is 0 Å². The molecule has 0 bridgehead atoms. The minimum atomic E-state index is -0.568. The summed E-state index contributed by atoms with van der Waals surface area (Å²) in [5.41, 5.74) is 4.48. The third-order valence-electron chi connectivity index (χ3n) is 8.11.